The van der Waals surface area contributed by atoms with E-state index in [1.165, 1.54) is 27.8 Å². The number of pyridine rings is 1. The fraction of sp³-hybridized carbons (Fsp3) is 0.306. The first kappa shape index (κ1) is 35.2. The Morgan fingerprint density at radius 1 is 1.06 bits per heavy atom. The highest BCUT2D eigenvalue weighted by Gasteiger charge is 2.48. The van der Waals surface area contributed by atoms with E-state index in [2.05, 4.69) is 25.7 Å². The highest BCUT2D eigenvalue weighted by molar-refractivity contribution is 6.33. The molecule has 18 heteroatoms. The minimum absolute atomic E-state index is 0.00291. The first-order valence-corrected chi connectivity index (χ1v) is 17.4. The molecule has 1 spiro atoms. The van der Waals surface area contributed by atoms with Crippen molar-refractivity contribution in [3.8, 4) is 17.1 Å². The molecular weight excluding hydrogens is 733 g/mol. The number of amides is 3. The van der Waals surface area contributed by atoms with Crippen LogP contribution in [0.5, 0.6) is 5.75 Å². The van der Waals surface area contributed by atoms with E-state index in [9.17, 15) is 37.5 Å². The summed E-state index contributed by atoms with van der Waals surface area (Å²) in [6.07, 6.45) is -0.979. The molecule has 0 unspecified atom stereocenters. The highest BCUT2D eigenvalue weighted by Crippen LogP contribution is 2.43. The Bertz CT molecular complexity index is 2400. The van der Waals surface area contributed by atoms with Crippen LogP contribution in [-0.2, 0) is 34.5 Å². The number of aromatic hydroxyl groups is 1. The fourth-order valence-electron chi connectivity index (χ4n) is 6.84. The lowest BCUT2D eigenvalue weighted by atomic mass is 9.85. The van der Waals surface area contributed by atoms with Crippen LogP contribution in [0.2, 0.25) is 5.02 Å². The SMILES string of the molecule is O=C(Cn1c2c(c(=O)n3nc(-c4ccc(C(=O)NC5CC5)cc4)nc13)C1(CCN(C(=O)c3ncccc3O)CC1)OC2)Nc1ccc(C(F)(F)F)cc1Cl. The van der Waals surface area contributed by atoms with E-state index in [1.807, 2.05) is 0 Å². The van der Waals surface area contributed by atoms with Crippen LogP contribution in [0.25, 0.3) is 17.2 Å². The molecule has 8 rings (SSSR count). The van der Waals surface area contributed by atoms with E-state index in [1.54, 1.807) is 24.3 Å². The molecule has 0 atom stereocenters. The summed E-state index contributed by atoms with van der Waals surface area (Å²) >= 11 is 6.12. The zero-order valence-electron chi connectivity index (χ0n) is 28.2. The molecule has 3 N–H and O–H groups in total. The molecule has 3 amide bonds. The molecule has 5 aromatic rings. The smallest absolute Gasteiger partial charge is 0.416 e. The first-order valence-electron chi connectivity index (χ1n) is 17.0. The second-order valence-electron chi connectivity index (χ2n) is 13.4. The first-order chi connectivity index (χ1) is 25.8. The Morgan fingerprint density at radius 3 is 2.46 bits per heavy atom. The number of hydrogen-bond donors (Lipinski definition) is 3. The molecule has 1 saturated heterocycles. The number of rotatable bonds is 7. The van der Waals surface area contributed by atoms with Crippen molar-refractivity contribution in [1.82, 2.24) is 34.4 Å². The van der Waals surface area contributed by atoms with Gasteiger partial charge in [-0.1, -0.05) is 23.7 Å². The van der Waals surface area contributed by atoms with Crippen molar-refractivity contribution in [2.75, 3.05) is 18.4 Å². The number of carbonyl (C=O) groups is 3. The van der Waals surface area contributed by atoms with Gasteiger partial charge in [-0.3, -0.25) is 19.2 Å². The molecule has 3 aliphatic rings. The third-order valence-corrected chi connectivity index (χ3v) is 10.1. The number of likely N-dealkylation sites (tertiary alicyclic amines) is 1. The van der Waals surface area contributed by atoms with Crippen molar-refractivity contribution in [3.63, 3.8) is 0 Å². The standard InChI is InChI=1S/C36H30ClF3N8O6/c37-23-16-21(36(38,39)40)7-10-24(23)43-27(50)17-47-25-18-54-35(11-14-46(15-12-35)33(53)29-26(49)2-1-13-41-29)28(25)32(52)48-34(47)44-30(45-48)19-3-5-20(6-4-19)31(51)42-22-8-9-22/h1-7,10,13,16,22,49H,8-9,11-12,14-15,17-18H2,(H,42,51)(H,43,50). The van der Waals surface area contributed by atoms with Crippen molar-refractivity contribution >= 4 is 40.8 Å². The van der Waals surface area contributed by atoms with Crippen LogP contribution in [0.15, 0.2) is 65.6 Å². The molecule has 2 aromatic carbocycles. The second-order valence-corrected chi connectivity index (χ2v) is 13.8. The minimum atomic E-state index is -4.64. The predicted octanol–water partition coefficient (Wildman–Crippen LogP) is 4.52. The molecule has 0 radical (unpaired) electrons. The summed E-state index contributed by atoms with van der Waals surface area (Å²) < 4.78 is 48.6. The van der Waals surface area contributed by atoms with Gasteiger partial charge in [0.2, 0.25) is 11.7 Å². The van der Waals surface area contributed by atoms with E-state index in [4.69, 9.17) is 16.3 Å². The predicted molar refractivity (Wildman–Crippen MR) is 186 cm³/mol. The Hall–Kier alpha value is -5.81. The highest BCUT2D eigenvalue weighted by atomic mass is 35.5. The average molecular weight is 763 g/mol. The second kappa shape index (κ2) is 13.2. The number of fused-ring (bicyclic) bond motifs is 3. The number of aromatic nitrogens is 5. The van der Waals surface area contributed by atoms with Gasteiger partial charge < -0.3 is 29.9 Å². The summed E-state index contributed by atoms with van der Waals surface area (Å²) in [6.45, 7) is -0.244. The summed E-state index contributed by atoms with van der Waals surface area (Å²) in [5.74, 6) is -1.50. The van der Waals surface area contributed by atoms with Gasteiger partial charge in [0.15, 0.2) is 11.5 Å². The molecule has 1 aliphatic carbocycles. The van der Waals surface area contributed by atoms with Crippen LogP contribution < -0.4 is 16.2 Å². The lowest BCUT2D eigenvalue weighted by Gasteiger charge is -2.38. The zero-order chi connectivity index (χ0) is 37.9. The van der Waals surface area contributed by atoms with Gasteiger partial charge in [-0.2, -0.15) is 22.7 Å². The molecule has 3 aromatic heterocycles. The summed E-state index contributed by atoms with van der Waals surface area (Å²) in [5.41, 5.74) is -1.34. The molecule has 54 heavy (non-hydrogen) atoms. The molecule has 2 aliphatic heterocycles. The topological polar surface area (TPSA) is 173 Å². The van der Waals surface area contributed by atoms with Gasteiger partial charge in [0.25, 0.3) is 17.4 Å². The number of alkyl halides is 3. The van der Waals surface area contributed by atoms with Gasteiger partial charge in [-0.05, 0) is 68.1 Å². The number of hydrogen-bond acceptors (Lipinski definition) is 9. The number of nitrogens with zero attached hydrogens (tertiary/aromatic N) is 6. The average Bonchev–Trinajstić information content (AvgIpc) is 3.72. The third-order valence-electron chi connectivity index (χ3n) is 9.83. The number of halogens is 4. The van der Waals surface area contributed by atoms with Gasteiger partial charge in [0, 0.05) is 36.5 Å². The number of nitrogens with one attached hydrogen (secondary N) is 2. The molecule has 1 saturated carbocycles. The number of benzene rings is 2. The Labute approximate surface area is 308 Å². The molecule has 278 valence electrons. The molecule has 0 bridgehead atoms. The van der Waals surface area contributed by atoms with E-state index in [0.29, 0.717) is 22.9 Å². The van der Waals surface area contributed by atoms with Crippen LogP contribution >= 0.6 is 11.6 Å². The van der Waals surface area contributed by atoms with Crippen LogP contribution in [-0.4, -0.2) is 71.0 Å². The fourth-order valence-corrected chi connectivity index (χ4v) is 7.07. The van der Waals surface area contributed by atoms with Crippen LogP contribution in [0.4, 0.5) is 18.9 Å². The Balaban J connectivity index is 1.14. The lowest BCUT2D eigenvalue weighted by molar-refractivity contribution is -0.137. The maximum atomic E-state index is 14.3. The number of carbonyl (C=O) groups excluding carboxylic acids is 3. The van der Waals surface area contributed by atoms with Gasteiger partial charge >= 0.3 is 6.18 Å². The summed E-state index contributed by atoms with van der Waals surface area (Å²) in [6, 6.07) is 12.1. The summed E-state index contributed by atoms with van der Waals surface area (Å²) in [5, 5.41) is 19.9. The summed E-state index contributed by atoms with van der Waals surface area (Å²) in [7, 11) is 0. The van der Waals surface area contributed by atoms with Crippen molar-refractivity contribution in [2.45, 2.75) is 56.7 Å². The Morgan fingerprint density at radius 2 is 1.80 bits per heavy atom. The lowest BCUT2D eigenvalue weighted by Crippen LogP contribution is -2.47. The summed E-state index contributed by atoms with van der Waals surface area (Å²) in [4.78, 5) is 63.8. The van der Waals surface area contributed by atoms with Gasteiger partial charge in [0.1, 0.15) is 17.9 Å². The molecule has 14 nitrogen and oxygen atoms in total. The van der Waals surface area contributed by atoms with Crippen LogP contribution in [0.1, 0.15) is 63.4 Å². The number of anilines is 1. The maximum Gasteiger partial charge on any atom is 0.416 e. The number of piperidine rings is 1. The normalized spacial score (nSPS) is 16.4. The quantitative estimate of drug-likeness (QED) is 0.216. The largest absolute Gasteiger partial charge is 0.505 e. The van der Waals surface area contributed by atoms with Crippen LogP contribution in [0, 0.1) is 0 Å². The molecule has 5 heterocycles. The van der Waals surface area contributed by atoms with E-state index >= 15 is 0 Å². The van der Waals surface area contributed by atoms with E-state index in [-0.39, 0.29) is 83.8 Å². The zero-order valence-corrected chi connectivity index (χ0v) is 28.9. The van der Waals surface area contributed by atoms with Crippen molar-refractivity contribution in [2.24, 2.45) is 0 Å². The maximum absolute atomic E-state index is 14.3. The molecular formula is C36H30ClF3N8O6. The molecule has 2 fully saturated rings. The van der Waals surface area contributed by atoms with Crippen molar-refractivity contribution in [3.05, 3.63) is 104 Å². The minimum Gasteiger partial charge on any atom is -0.505 e. The van der Waals surface area contributed by atoms with Crippen LogP contribution in [0.3, 0.4) is 0 Å². The number of ether oxygens (including phenoxy) is 1. The van der Waals surface area contributed by atoms with E-state index < -0.39 is 41.3 Å². The van der Waals surface area contributed by atoms with Crippen molar-refractivity contribution < 1.29 is 37.4 Å². The van der Waals surface area contributed by atoms with Gasteiger partial charge in [0.05, 0.1) is 34.1 Å². The van der Waals surface area contributed by atoms with Gasteiger partial charge in [-0.15, -0.1) is 5.10 Å². The van der Waals surface area contributed by atoms with Gasteiger partial charge in [-0.25, -0.2) is 4.98 Å². The third kappa shape index (κ3) is 6.42. The monoisotopic (exact) mass is 762 g/mol. The van der Waals surface area contributed by atoms with E-state index in [0.717, 1.165) is 29.5 Å². The Kier molecular flexibility index (Phi) is 8.64. The van der Waals surface area contributed by atoms with Crippen molar-refractivity contribution in [1.29, 1.82) is 0 Å².